The number of rotatable bonds is 2. The third-order valence-electron chi connectivity index (χ3n) is 1.35. The zero-order valence-corrected chi connectivity index (χ0v) is 6.27. The van der Waals surface area contributed by atoms with Crippen molar-refractivity contribution < 1.29 is 20.5 Å². The Labute approximate surface area is 69.4 Å². The molecule has 0 spiro atoms. The van der Waals surface area contributed by atoms with Gasteiger partial charge in [-0.05, 0) is 5.56 Å². The summed E-state index contributed by atoms with van der Waals surface area (Å²) in [5, 5.41) is 17.4. The second kappa shape index (κ2) is 4.48. The Morgan fingerprint density at radius 3 is 2.17 bits per heavy atom. The molecular weight excluding hydrogens is 160 g/mol. The van der Waals surface area contributed by atoms with Gasteiger partial charge in [-0.2, -0.15) is 0 Å². The van der Waals surface area contributed by atoms with E-state index in [2.05, 4.69) is 0 Å². The molecule has 1 rings (SSSR count). The van der Waals surface area contributed by atoms with E-state index in [0.29, 0.717) is 5.56 Å². The molecule has 0 saturated carbocycles. The molecule has 1 aromatic carbocycles. The van der Waals surface area contributed by atoms with E-state index in [4.69, 9.17) is 10.2 Å². The molecule has 0 fully saturated rings. The minimum atomic E-state index is -1.41. The number of aliphatic carboxylic acids is 1. The largest absolute Gasteiger partial charge is 0.479 e. The molecule has 0 aliphatic heterocycles. The lowest BCUT2D eigenvalue weighted by Gasteiger charge is -2.03. The number of aliphatic hydroxyl groups excluding tert-OH is 1. The maximum absolute atomic E-state index is 10.2. The van der Waals surface area contributed by atoms with Gasteiger partial charge in [0, 0.05) is 0 Å². The van der Waals surface area contributed by atoms with Crippen LogP contribution in [0, 0.1) is 0 Å². The van der Waals surface area contributed by atoms with Gasteiger partial charge in [0.2, 0.25) is 0 Å². The van der Waals surface area contributed by atoms with Crippen molar-refractivity contribution in [3.8, 4) is 0 Å². The maximum atomic E-state index is 10.2. The van der Waals surface area contributed by atoms with Crippen molar-refractivity contribution in [3.05, 3.63) is 35.9 Å². The number of carbonyl (C=O) groups is 1. The van der Waals surface area contributed by atoms with Gasteiger partial charge in [-0.1, -0.05) is 30.3 Å². The zero-order valence-electron chi connectivity index (χ0n) is 6.27. The fourth-order valence-corrected chi connectivity index (χ4v) is 0.778. The van der Waals surface area contributed by atoms with Crippen LogP contribution in [-0.4, -0.2) is 21.7 Å². The summed E-state index contributed by atoms with van der Waals surface area (Å²) in [4.78, 5) is 10.2. The van der Waals surface area contributed by atoms with Gasteiger partial charge in [0.1, 0.15) is 0 Å². The van der Waals surface area contributed by atoms with Crippen LogP contribution in [0.4, 0.5) is 0 Å². The highest BCUT2D eigenvalue weighted by Crippen LogP contribution is 2.10. The Morgan fingerprint density at radius 1 is 1.25 bits per heavy atom. The number of hydrogen-bond donors (Lipinski definition) is 2. The van der Waals surface area contributed by atoms with Crippen LogP contribution in [0.2, 0.25) is 0 Å². The molecular formula is C8H10O4. The summed E-state index contributed by atoms with van der Waals surface area (Å²) >= 11 is 0. The Bertz CT molecular complexity index is 244. The number of benzene rings is 1. The molecule has 0 aromatic heterocycles. The van der Waals surface area contributed by atoms with Crippen LogP contribution < -0.4 is 0 Å². The van der Waals surface area contributed by atoms with Crippen LogP contribution in [0.1, 0.15) is 11.7 Å². The summed E-state index contributed by atoms with van der Waals surface area (Å²) in [5.41, 5.74) is 0.403. The fourth-order valence-electron chi connectivity index (χ4n) is 0.778. The van der Waals surface area contributed by atoms with Crippen molar-refractivity contribution >= 4 is 5.97 Å². The van der Waals surface area contributed by atoms with E-state index in [1.807, 2.05) is 0 Å². The average molecular weight is 170 g/mol. The molecule has 1 aromatic rings. The van der Waals surface area contributed by atoms with Gasteiger partial charge in [0.15, 0.2) is 6.10 Å². The van der Waals surface area contributed by atoms with Gasteiger partial charge in [-0.15, -0.1) is 0 Å². The lowest BCUT2D eigenvalue weighted by Crippen LogP contribution is -2.09. The molecule has 0 amide bonds. The molecule has 4 N–H and O–H groups in total. The van der Waals surface area contributed by atoms with Crippen molar-refractivity contribution in [2.45, 2.75) is 6.10 Å². The molecule has 66 valence electrons. The van der Waals surface area contributed by atoms with E-state index in [-0.39, 0.29) is 5.48 Å². The van der Waals surface area contributed by atoms with Gasteiger partial charge in [-0.3, -0.25) is 0 Å². The molecule has 1 atom stereocenters. The van der Waals surface area contributed by atoms with E-state index in [9.17, 15) is 4.79 Å². The van der Waals surface area contributed by atoms with Crippen molar-refractivity contribution in [1.29, 1.82) is 0 Å². The van der Waals surface area contributed by atoms with Crippen LogP contribution >= 0.6 is 0 Å². The summed E-state index contributed by atoms with van der Waals surface area (Å²) in [7, 11) is 0. The third kappa shape index (κ3) is 2.34. The highest BCUT2D eigenvalue weighted by molar-refractivity contribution is 5.73. The second-order valence-corrected chi connectivity index (χ2v) is 2.15. The normalized spacial score (nSPS) is 11.4. The Kier molecular flexibility index (Phi) is 3.96. The summed E-state index contributed by atoms with van der Waals surface area (Å²) < 4.78 is 0. The van der Waals surface area contributed by atoms with Crippen LogP contribution in [0.5, 0.6) is 0 Å². The van der Waals surface area contributed by atoms with E-state index >= 15 is 0 Å². The Morgan fingerprint density at radius 2 is 1.75 bits per heavy atom. The Balaban J connectivity index is 0.00000121. The quantitative estimate of drug-likeness (QED) is 0.653. The van der Waals surface area contributed by atoms with Crippen molar-refractivity contribution in [2.75, 3.05) is 0 Å². The van der Waals surface area contributed by atoms with E-state index in [1.165, 1.54) is 0 Å². The maximum Gasteiger partial charge on any atom is 0.337 e. The van der Waals surface area contributed by atoms with Gasteiger partial charge >= 0.3 is 5.97 Å². The zero-order chi connectivity index (χ0) is 8.27. The van der Waals surface area contributed by atoms with E-state index < -0.39 is 12.1 Å². The minimum Gasteiger partial charge on any atom is -0.479 e. The molecule has 12 heavy (non-hydrogen) atoms. The highest BCUT2D eigenvalue weighted by atomic mass is 16.4. The van der Waals surface area contributed by atoms with E-state index in [0.717, 1.165) is 0 Å². The Hall–Kier alpha value is -1.39. The predicted molar refractivity (Wildman–Crippen MR) is 42.7 cm³/mol. The average Bonchev–Trinajstić information content (AvgIpc) is 2.05. The second-order valence-electron chi connectivity index (χ2n) is 2.15. The third-order valence-corrected chi connectivity index (χ3v) is 1.35. The standard InChI is InChI=1S/C8H8O3.H2O/c9-7(8(10)11)6-4-2-1-3-5-6;/h1-5,7,9H,(H,10,11);1H2/t7-;/m0./s1. The molecule has 0 bridgehead atoms. The summed E-state index contributed by atoms with van der Waals surface area (Å²) in [6.07, 6.45) is -1.41. The molecule has 0 saturated heterocycles. The van der Waals surface area contributed by atoms with Crippen LogP contribution in [0.25, 0.3) is 0 Å². The summed E-state index contributed by atoms with van der Waals surface area (Å²) in [5.74, 6) is -1.23. The lowest BCUT2D eigenvalue weighted by molar-refractivity contribution is -0.146. The lowest BCUT2D eigenvalue weighted by atomic mass is 10.1. The molecule has 0 heterocycles. The van der Waals surface area contributed by atoms with Crippen molar-refractivity contribution in [3.63, 3.8) is 0 Å². The first-order valence-corrected chi connectivity index (χ1v) is 3.17. The molecule has 0 aliphatic carbocycles. The summed E-state index contributed by atoms with van der Waals surface area (Å²) in [6, 6.07) is 8.26. The van der Waals surface area contributed by atoms with Gasteiger partial charge in [-0.25, -0.2) is 4.79 Å². The van der Waals surface area contributed by atoms with E-state index in [1.54, 1.807) is 30.3 Å². The summed E-state index contributed by atoms with van der Waals surface area (Å²) in [6.45, 7) is 0. The molecule has 0 aliphatic rings. The van der Waals surface area contributed by atoms with Gasteiger partial charge in [0.05, 0.1) is 0 Å². The molecule has 0 unspecified atom stereocenters. The monoisotopic (exact) mass is 170 g/mol. The topological polar surface area (TPSA) is 89.0 Å². The van der Waals surface area contributed by atoms with Crippen LogP contribution in [0.3, 0.4) is 0 Å². The highest BCUT2D eigenvalue weighted by Gasteiger charge is 2.14. The number of carboxylic acid groups (broad SMARTS) is 1. The number of aliphatic hydroxyl groups is 1. The van der Waals surface area contributed by atoms with Crippen LogP contribution in [-0.2, 0) is 4.79 Å². The van der Waals surface area contributed by atoms with Gasteiger partial charge < -0.3 is 15.7 Å². The number of carboxylic acids is 1. The molecule has 0 radical (unpaired) electrons. The van der Waals surface area contributed by atoms with Crippen molar-refractivity contribution in [2.24, 2.45) is 0 Å². The van der Waals surface area contributed by atoms with Gasteiger partial charge in [0.25, 0.3) is 0 Å². The smallest absolute Gasteiger partial charge is 0.337 e. The predicted octanol–water partition coefficient (Wildman–Crippen LogP) is -0.0201. The number of hydrogen-bond acceptors (Lipinski definition) is 2. The first kappa shape index (κ1) is 10.6. The first-order valence-electron chi connectivity index (χ1n) is 3.17. The minimum absolute atomic E-state index is 0. The van der Waals surface area contributed by atoms with Crippen LogP contribution in [0.15, 0.2) is 30.3 Å². The first-order chi connectivity index (χ1) is 5.22. The molecule has 4 heteroatoms. The SMILES string of the molecule is O.O=C(O)[C@@H](O)c1ccccc1. The van der Waals surface area contributed by atoms with Crippen molar-refractivity contribution in [1.82, 2.24) is 0 Å². The molecule has 4 nitrogen and oxygen atoms in total. The fraction of sp³-hybridized carbons (Fsp3) is 0.125.